The van der Waals surface area contributed by atoms with Crippen LogP contribution in [-0.4, -0.2) is 103 Å². The fourth-order valence-corrected chi connectivity index (χ4v) is 9.77. The monoisotopic (exact) mass is 846 g/mol. The van der Waals surface area contributed by atoms with Gasteiger partial charge in [-0.2, -0.15) is 15.5 Å². The third-order valence-electron chi connectivity index (χ3n) is 13.2. The number of nitriles is 1. The Morgan fingerprint density at radius 3 is 2.37 bits per heavy atom. The number of hydrogen-bond donors (Lipinski definition) is 3. The van der Waals surface area contributed by atoms with Crippen LogP contribution in [0.3, 0.4) is 0 Å². The number of benzene rings is 2. The molecule has 322 valence electrons. The van der Waals surface area contributed by atoms with Gasteiger partial charge >= 0.3 is 0 Å². The Morgan fingerprint density at radius 2 is 1.69 bits per heavy atom. The van der Waals surface area contributed by atoms with Crippen LogP contribution in [0.5, 0.6) is 0 Å². The van der Waals surface area contributed by atoms with E-state index in [9.17, 15) is 29.5 Å². The lowest BCUT2D eigenvalue weighted by atomic mass is 9.88. The highest BCUT2D eigenvalue weighted by molar-refractivity contribution is 6.05. The summed E-state index contributed by atoms with van der Waals surface area (Å²) >= 11 is 0. The number of halogens is 2. The predicted octanol–water partition coefficient (Wildman–Crippen LogP) is 4.99. The van der Waals surface area contributed by atoms with Crippen LogP contribution >= 0.6 is 0 Å². The van der Waals surface area contributed by atoms with Gasteiger partial charge in [-0.25, -0.2) is 13.3 Å². The molecule has 0 spiro atoms. The lowest BCUT2D eigenvalue weighted by Crippen LogP contribution is -2.61. The highest BCUT2D eigenvalue weighted by atomic mass is 19.1. The van der Waals surface area contributed by atoms with Crippen molar-refractivity contribution in [1.29, 1.82) is 5.26 Å². The molecule has 4 fully saturated rings. The van der Waals surface area contributed by atoms with Crippen molar-refractivity contribution < 1.29 is 33.1 Å². The van der Waals surface area contributed by atoms with Gasteiger partial charge in [-0.3, -0.25) is 34.1 Å². The van der Waals surface area contributed by atoms with Crippen molar-refractivity contribution in [2.45, 2.75) is 88.9 Å². The number of fused-ring (bicyclic) bond motifs is 2. The van der Waals surface area contributed by atoms with E-state index in [0.717, 1.165) is 44.2 Å². The first-order valence-electron chi connectivity index (χ1n) is 21.2. The molecule has 4 aliphatic rings. The molecule has 2 atom stereocenters. The van der Waals surface area contributed by atoms with Crippen molar-refractivity contribution >= 4 is 51.4 Å². The average molecular weight is 847 g/mol. The van der Waals surface area contributed by atoms with Crippen LogP contribution in [-0.2, 0) is 20.0 Å². The predicted molar refractivity (Wildman–Crippen MR) is 224 cm³/mol. The van der Waals surface area contributed by atoms with Gasteiger partial charge in [0, 0.05) is 85.3 Å². The highest BCUT2D eigenvalue weighted by Gasteiger charge is 2.41. The Bertz CT molecular complexity index is 2650. The molecule has 62 heavy (non-hydrogen) atoms. The molecule has 6 heterocycles. The molecule has 1 saturated carbocycles. The second kappa shape index (κ2) is 15.9. The van der Waals surface area contributed by atoms with E-state index in [1.54, 1.807) is 36.9 Å². The van der Waals surface area contributed by atoms with Gasteiger partial charge in [-0.05, 0) is 95.3 Å². The first-order chi connectivity index (χ1) is 29.6. The summed E-state index contributed by atoms with van der Waals surface area (Å²) in [4.78, 5) is 57.2. The van der Waals surface area contributed by atoms with Crippen LogP contribution in [0.15, 0.2) is 54.9 Å². The molecule has 17 heteroatoms. The summed E-state index contributed by atoms with van der Waals surface area (Å²) in [5, 5.41) is 35.5. The molecule has 0 radical (unpaired) electrons. The van der Waals surface area contributed by atoms with Crippen molar-refractivity contribution in [3.05, 3.63) is 88.9 Å². The minimum absolute atomic E-state index is 0.00546. The normalized spacial score (nSPS) is 22.7. The van der Waals surface area contributed by atoms with Gasteiger partial charge in [0.1, 0.15) is 23.4 Å². The number of imide groups is 1. The second-order valence-corrected chi connectivity index (χ2v) is 17.8. The number of amides is 4. The topological polar surface area (TPSA) is 181 Å². The van der Waals surface area contributed by atoms with Crippen molar-refractivity contribution in [3.63, 3.8) is 0 Å². The largest absolute Gasteiger partial charge is 0.386 e. The van der Waals surface area contributed by atoms with Crippen molar-refractivity contribution in [3.8, 4) is 6.07 Å². The van der Waals surface area contributed by atoms with Crippen LogP contribution < -0.4 is 15.5 Å². The average Bonchev–Trinajstić information content (AvgIpc) is 3.84. The summed E-state index contributed by atoms with van der Waals surface area (Å²) in [7, 11) is 0. The number of aliphatic hydroxyl groups is 1. The van der Waals surface area contributed by atoms with Crippen LogP contribution in [0.2, 0.25) is 0 Å². The summed E-state index contributed by atoms with van der Waals surface area (Å²) in [6, 6.07) is 13.7. The van der Waals surface area contributed by atoms with E-state index in [-0.39, 0.29) is 48.0 Å². The summed E-state index contributed by atoms with van der Waals surface area (Å²) < 4.78 is 33.8. The molecular weight excluding hydrogens is 799 g/mol. The number of aromatic nitrogens is 4. The summed E-state index contributed by atoms with van der Waals surface area (Å²) in [6.45, 7) is 8.21. The number of nitrogens with zero attached hydrogens (tertiary/aromatic N) is 8. The first-order valence-corrected chi connectivity index (χ1v) is 21.2. The zero-order valence-electron chi connectivity index (χ0n) is 34.8. The molecule has 3 saturated heterocycles. The Balaban J connectivity index is 0.791. The Hall–Kier alpha value is -6.25. The van der Waals surface area contributed by atoms with Crippen LogP contribution in [0.25, 0.3) is 16.4 Å². The summed E-state index contributed by atoms with van der Waals surface area (Å²) in [6.07, 6.45) is 7.26. The number of rotatable bonds is 8. The van der Waals surface area contributed by atoms with Gasteiger partial charge < -0.3 is 20.2 Å². The number of piperazine rings is 1. The van der Waals surface area contributed by atoms with Crippen LogP contribution in [0.4, 0.5) is 20.2 Å². The second-order valence-electron chi connectivity index (χ2n) is 17.8. The molecule has 15 nitrogen and oxygen atoms in total. The lowest BCUT2D eigenvalue weighted by Gasteiger charge is -2.48. The molecule has 0 bridgehead atoms. The number of hydrogen-bond acceptors (Lipinski definition) is 10. The van der Waals surface area contributed by atoms with Crippen LogP contribution in [0.1, 0.15) is 98.4 Å². The van der Waals surface area contributed by atoms with Gasteiger partial charge in [0.2, 0.25) is 17.7 Å². The van der Waals surface area contributed by atoms with Gasteiger partial charge in [-0.15, -0.1) is 0 Å². The number of carbonyl (C=O) groups is 4. The molecule has 1 aliphatic carbocycles. The molecule has 4 amide bonds. The number of piperidine rings is 1. The van der Waals surface area contributed by atoms with Crippen LogP contribution in [0, 0.1) is 28.9 Å². The van der Waals surface area contributed by atoms with Crippen molar-refractivity contribution in [2.24, 2.45) is 5.92 Å². The molecule has 3 N–H and O–H groups in total. The maximum atomic E-state index is 15.2. The van der Waals surface area contributed by atoms with Gasteiger partial charge in [0.05, 0.1) is 46.3 Å². The SMILES string of the molecule is C[C@H]1CN(C2CCC(n3cc4cc(NC(=O)c5ccc6cc(C#N)cnn56)c(C(C)(C)O)cc4n3)CC2)CCN1C(=O)C1CN(c2cc(F)c([C@H]3CCC(=O)NC3=O)c(F)c2)C1. The van der Waals surface area contributed by atoms with E-state index in [4.69, 9.17) is 5.10 Å². The summed E-state index contributed by atoms with van der Waals surface area (Å²) in [5.74, 6) is -4.53. The van der Waals surface area contributed by atoms with Crippen molar-refractivity contribution in [1.82, 2.24) is 34.5 Å². The fourth-order valence-electron chi connectivity index (χ4n) is 9.77. The Kier molecular flexibility index (Phi) is 10.5. The zero-order chi connectivity index (χ0) is 43.6. The van der Waals surface area contributed by atoms with E-state index in [1.165, 1.54) is 22.8 Å². The molecule has 9 rings (SSSR count). The third-order valence-corrected chi connectivity index (χ3v) is 13.2. The maximum absolute atomic E-state index is 15.2. The quantitative estimate of drug-likeness (QED) is 0.180. The van der Waals surface area contributed by atoms with E-state index in [2.05, 4.69) is 33.6 Å². The third kappa shape index (κ3) is 7.66. The Morgan fingerprint density at radius 1 is 0.968 bits per heavy atom. The van der Waals surface area contributed by atoms with E-state index in [1.807, 2.05) is 27.9 Å². The van der Waals surface area contributed by atoms with Crippen molar-refractivity contribution in [2.75, 3.05) is 42.9 Å². The number of nitrogens with one attached hydrogen (secondary N) is 2. The molecule has 3 aliphatic heterocycles. The fraction of sp³-hybridized carbons (Fsp3) is 0.444. The molecule has 0 unspecified atom stereocenters. The van der Waals surface area contributed by atoms with E-state index >= 15 is 8.78 Å². The van der Waals surface area contributed by atoms with Gasteiger partial charge in [0.15, 0.2) is 0 Å². The number of carbonyl (C=O) groups excluding carboxylic acids is 4. The minimum atomic E-state index is -1.28. The Labute approximate surface area is 356 Å². The van der Waals surface area contributed by atoms with Gasteiger partial charge in [0.25, 0.3) is 5.91 Å². The molecule has 5 aromatic rings. The number of anilines is 2. The highest BCUT2D eigenvalue weighted by Crippen LogP contribution is 2.38. The first kappa shape index (κ1) is 41.1. The molecule has 2 aromatic carbocycles. The van der Waals surface area contributed by atoms with E-state index in [0.29, 0.717) is 59.2 Å². The van der Waals surface area contributed by atoms with E-state index < -0.39 is 40.9 Å². The lowest BCUT2D eigenvalue weighted by molar-refractivity contribution is -0.141. The maximum Gasteiger partial charge on any atom is 0.274 e. The smallest absolute Gasteiger partial charge is 0.274 e. The zero-order valence-corrected chi connectivity index (χ0v) is 34.8. The molecular formula is C45H48F2N10O5. The standard InChI is InChI=1S/C45H48F2N10O5/c1-25-21-53(12-13-55(25)44(61)28-22-54(23-28)32-16-35(46)41(36(47)17-32)33-9-11-40(58)51-42(33)59)29-4-6-30(7-5-29)56-24-27-15-38(34(45(2,3)62)18-37(27)52-56)50-43(60)39-10-8-31-14-26(19-48)20-49-57(31)39/h8,10,14-18,20,24-25,28-30,33,62H,4-7,9,11-13,21-23H2,1-3H3,(H,50,60)(H,51,58,59)/t25-,29?,30?,33+/m0/s1. The summed E-state index contributed by atoms with van der Waals surface area (Å²) in [5.41, 5.74) is 1.71. The minimum Gasteiger partial charge on any atom is -0.386 e. The van der Waals surface area contributed by atoms with Gasteiger partial charge in [-0.1, -0.05) is 0 Å². The molecule has 3 aromatic heterocycles.